The van der Waals surface area contributed by atoms with Gasteiger partial charge in [0.1, 0.15) is 5.03 Å². The summed E-state index contributed by atoms with van der Waals surface area (Å²) in [5, 5.41) is 5.08. The highest BCUT2D eigenvalue weighted by Gasteiger charge is 2.06. The molecule has 0 radical (unpaired) electrons. The van der Waals surface area contributed by atoms with Crippen LogP contribution < -0.4 is 5.32 Å². The molecule has 5 heteroatoms. The van der Waals surface area contributed by atoms with Gasteiger partial charge in [0.15, 0.2) is 5.16 Å². The van der Waals surface area contributed by atoms with E-state index < -0.39 is 0 Å². The third-order valence-electron chi connectivity index (χ3n) is 2.70. The number of rotatable bonds is 6. The zero-order valence-corrected chi connectivity index (χ0v) is 12.0. The molecular weight excluding hydrogens is 256 g/mol. The maximum Gasteiger partial charge on any atom is 0.193 e. The Hall–Kier alpha value is -1.46. The third kappa shape index (κ3) is 4.29. The lowest BCUT2D eigenvalue weighted by atomic mass is 10.1. The number of nitrogens with zero attached hydrogens (tertiary/aromatic N) is 3. The van der Waals surface area contributed by atoms with Crippen molar-refractivity contribution in [2.45, 2.75) is 36.5 Å². The summed E-state index contributed by atoms with van der Waals surface area (Å²) in [5.74, 6) is 0. The second-order valence-electron chi connectivity index (χ2n) is 4.24. The van der Waals surface area contributed by atoms with Crippen LogP contribution in [0.1, 0.15) is 31.9 Å². The van der Waals surface area contributed by atoms with Crippen molar-refractivity contribution in [1.82, 2.24) is 20.3 Å². The van der Waals surface area contributed by atoms with Crippen molar-refractivity contribution >= 4 is 11.8 Å². The molecule has 4 nitrogen and oxygen atoms in total. The molecule has 1 atom stereocenters. The van der Waals surface area contributed by atoms with Crippen molar-refractivity contribution in [2.24, 2.45) is 0 Å². The maximum absolute atomic E-state index is 4.45. The van der Waals surface area contributed by atoms with E-state index in [0.29, 0.717) is 6.04 Å². The van der Waals surface area contributed by atoms with Crippen LogP contribution in [0.5, 0.6) is 0 Å². The average Bonchev–Trinajstić information content (AvgIpc) is 2.46. The van der Waals surface area contributed by atoms with Gasteiger partial charge in [-0.3, -0.25) is 0 Å². The fourth-order valence-electron chi connectivity index (χ4n) is 1.62. The van der Waals surface area contributed by atoms with Crippen molar-refractivity contribution in [3.8, 4) is 0 Å². The van der Waals surface area contributed by atoms with Crippen molar-refractivity contribution < 1.29 is 0 Å². The summed E-state index contributed by atoms with van der Waals surface area (Å²) in [6.07, 6.45) is 6.52. The maximum atomic E-state index is 4.45. The van der Waals surface area contributed by atoms with Gasteiger partial charge in [-0.1, -0.05) is 13.0 Å². The van der Waals surface area contributed by atoms with Crippen LogP contribution in [0.3, 0.4) is 0 Å². The lowest BCUT2D eigenvalue weighted by molar-refractivity contribution is 0.568. The first-order chi connectivity index (χ1) is 9.29. The molecule has 0 aliphatic carbocycles. The second-order valence-corrected chi connectivity index (χ2v) is 5.23. The van der Waals surface area contributed by atoms with E-state index >= 15 is 0 Å². The fourth-order valence-corrected chi connectivity index (χ4v) is 2.27. The molecule has 2 aromatic rings. The molecule has 0 aliphatic heterocycles. The van der Waals surface area contributed by atoms with E-state index in [9.17, 15) is 0 Å². The topological polar surface area (TPSA) is 50.7 Å². The normalized spacial score (nSPS) is 12.3. The molecule has 1 unspecified atom stereocenters. The van der Waals surface area contributed by atoms with Gasteiger partial charge >= 0.3 is 0 Å². The lowest BCUT2D eigenvalue weighted by Crippen LogP contribution is -2.19. The van der Waals surface area contributed by atoms with Crippen LogP contribution in [0.15, 0.2) is 47.0 Å². The van der Waals surface area contributed by atoms with Gasteiger partial charge in [-0.15, -0.1) is 0 Å². The van der Waals surface area contributed by atoms with Crippen molar-refractivity contribution in [3.63, 3.8) is 0 Å². The predicted octanol–water partition coefficient (Wildman–Crippen LogP) is 3.08. The average molecular weight is 274 g/mol. The molecular formula is C14H18N4S. The Morgan fingerprint density at radius 1 is 1.21 bits per heavy atom. The molecule has 0 spiro atoms. The monoisotopic (exact) mass is 274 g/mol. The molecule has 2 heterocycles. The largest absolute Gasteiger partial charge is 0.310 e. The molecule has 0 aromatic carbocycles. The van der Waals surface area contributed by atoms with Crippen molar-refractivity contribution in [3.05, 3.63) is 42.4 Å². The zero-order chi connectivity index (χ0) is 13.5. The van der Waals surface area contributed by atoms with Gasteiger partial charge in [0.05, 0.1) is 0 Å². The third-order valence-corrected chi connectivity index (χ3v) is 3.54. The zero-order valence-electron chi connectivity index (χ0n) is 11.2. The number of hydrogen-bond donors (Lipinski definition) is 1. The quantitative estimate of drug-likeness (QED) is 0.820. The first-order valence-corrected chi connectivity index (χ1v) is 7.25. The highest BCUT2D eigenvalue weighted by molar-refractivity contribution is 7.99. The summed E-state index contributed by atoms with van der Waals surface area (Å²) < 4.78 is 0. The number of pyridine rings is 1. The molecule has 1 N–H and O–H groups in total. The Bertz CT molecular complexity index is 487. The second kappa shape index (κ2) is 7.21. The molecule has 100 valence electrons. The summed E-state index contributed by atoms with van der Waals surface area (Å²) in [6, 6.07) is 6.26. The van der Waals surface area contributed by atoms with Crippen LogP contribution in [-0.2, 0) is 0 Å². The van der Waals surface area contributed by atoms with Gasteiger partial charge < -0.3 is 5.32 Å². The number of hydrogen-bond acceptors (Lipinski definition) is 5. The molecule has 0 saturated carbocycles. The molecule has 0 amide bonds. The van der Waals surface area contributed by atoms with Gasteiger partial charge in [-0.25, -0.2) is 15.0 Å². The summed E-state index contributed by atoms with van der Waals surface area (Å²) in [5.41, 5.74) is 1.20. The Morgan fingerprint density at radius 2 is 2.00 bits per heavy atom. The first kappa shape index (κ1) is 14.0. The van der Waals surface area contributed by atoms with Gasteiger partial charge in [-0.05, 0) is 49.3 Å². The number of nitrogens with one attached hydrogen (secondary N) is 1. The van der Waals surface area contributed by atoms with E-state index in [-0.39, 0.29) is 0 Å². The van der Waals surface area contributed by atoms with E-state index in [4.69, 9.17) is 0 Å². The van der Waals surface area contributed by atoms with E-state index in [1.807, 2.05) is 18.3 Å². The van der Waals surface area contributed by atoms with Gasteiger partial charge in [0, 0.05) is 24.6 Å². The van der Waals surface area contributed by atoms with Crippen LogP contribution in [-0.4, -0.2) is 21.5 Å². The Balaban J connectivity index is 1.98. The van der Waals surface area contributed by atoms with Crippen LogP contribution in [0.4, 0.5) is 0 Å². The summed E-state index contributed by atoms with van der Waals surface area (Å²) in [7, 11) is 0. The Labute approximate surface area is 118 Å². The van der Waals surface area contributed by atoms with Gasteiger partial charge in [0.25, 0.3) is 0 Å². The van der Waals surface area contributed by atoms with E-state index in [1.165, 1.54) is 17.3 Å². The SMILES string of the molecule is CCCNC(C)c1ccc(Sc2ncccn2)nc1. The molecule has 0 bridgehead atoms. The van der Waals surface area contributed by atoms with Crippen LogP contribution >= 0.6 is 11.8 Å². The van der Waals surface area contributed by atoms with E-state index in [0.717, 1.165) is 23.1 Å². The molecule has 19 heavy (non-hydrogen) atoms. The van der Waals surface area contributed by atoms with Crippen molar-refractivity contribution in [1.29, 1.82) is 0 Å². The minimum Gasteiger partial charge on any atom is -0.310 e. The Kier molecular flexibility index (Phi) is 5.30. The smallest absolute Gasteiger partial charge is 0.193 e. The van der Waals surface area contributed by atoms with Crippen LogP contribution in [0, 0.1) is 0 Å². The van der Waals surface area contributed by atoms with E-state index in [1.54, 1.807) is 12.4 Å². The molecule has 0 fully saturated rings. The summed E-state index contributed by atoms with van der Waals surface area (Å²) in [6.45, 7) is 5.34. The first-order valence-electron chi connectivity index (χ1n) is 6.44. The standard InChI is InChI=1S/C14H18N4S/c1-3-7-15-11(2)12-5-6-13(18-10-12)19-14-16-8-4-9-17-14/h4-6,8-11,15H,3,7H2,1-2H3. The van der Waals surface area contributed by atoms with Crippen molar-refractivity contribution in [2.75, 3.05) is 6.54 Å². The summed E-state index contributed by atoms with van der Waals surface area (Å²) >= 11 is 1.47. The van der Waals surface area contributed by atoms with Gasteiger partial charge in [-0.2, -0.15) is 0 Å². The molecule has 2 rings (SSSR count). The van der Waals surface area contributed by atoms with Crippen LogP contribution in [0.25, 0.3) is 0 Å². The van der Waals surface area contributed by atoms with Crippen LogP contribution in [0.2, 0.25) is 0 Å². The minimum absolute atomic E-state index is 0.333. The highest BCUT2D eigenvalue weighted by atomic mass is 32.2. The molecule has 0 saturated heterocycles. The fraction of sp³-hybridized carbons (Fsp3) is 0.357. The summed E-state index contributed by atoms with van der Waals surface area (Å²) in [4.78, 5) is 12.8. The van der Waals surface area contributed by atoms with Gasteiger partial charge in [0.2, 0.25) is 0 Å². The van der Waals surface area contributed by atoms with E-state index in [2.05, 4.69) is 40.2 Å². The number of aromatic nitrogens is 3. The lowest BCUT2D eigenvalue weighted by Gasteiger charge is -2.13. The minimum atomic E-state index is 0.333. The Morgan fingerprint density at radius 3 is 2.63 bits per heavy atom. The predicted molar refractivity (Wildman–Crippen MR) is 77.1 cm³/mol. The molecule has 2 aromatic heterocycles. The highest BCUT2D eigenvalue weighted by Crippen LogP contribution is 2.22. The molecule has 0 aliphatic rings.